The Morgan fingerprint density at radius 3 is 1.00 bits per heavy atom. The molecule has 0 saturated carbocycles. The zero-order chi connectivity index (χ0) is 0. The van der Waals surface area contributed by atoms with Crippen LogP contribution in [-0.4, -0.2) is 36.5 Å². The molecule has 0 aromatic heterocycles. The van der Waals surface area contributed by atoms with Crippen LogP contribution in [-0.2, 0) is 0 Å². The molecular weight excluding hydrogens is 143 g/mol. The van der Waals surface area contributed by atoms with E-state index in [4.69, 9.17) is 0 Å². The molecule has 26 valence electrons. The van der Waals surface area contributed by atoms with Crippen LogP contribution in [0.5, 0.6) is 0 Å². The first kappa shape index (κ1) is 38.9. The van der Waals surface area contributed by atoms with Gasteiger partial charge in [0.25, 0.3) is 0 Å². The van der Waals surface area contributed by atoms with E-state index < -0.39 is 0 Å². The fraction of sp³-hybridized carbons (Fsp3) is 0. The monoisotopic (exact) mass is 154 g/mol. The second-order valence-corrected chi connectivity index (χ2v) is 0. The van der Waals surface area contributed by atoms with E-state index in [9.17, 15) is 0 Å². The van der Waals surface area contributed by atoms with Crippen molar-refractivity contribution in [2.45, 2.75) is 0 Å². The van der Waals surface area contributed by atoms with Gasteiger partial charge in [0.1, 0.15) is 0 Å². The molecule has 0 aliphatic rings. The first-order chi connectivity index (χ1) is 0. The Balaban J connectivity index is 0. The summed E-state index contributed by atoms with van der Waals surface area (Å²) < 4.78 is 0. The third-order valence-electron chi connectivity index (χ3n) is 0. The van der Waals surface area contributed by atoms with Crippen LogP contribution in [0, 0.1) is 0 Å². The number of hydrogen-bond donors (Lipinski definition) is 0. The van der Waals surface area contributed by atoms with Gasteiger partial charge in [-0.2, -0.15) is 23.4 Å². The summed E-state index contributed by atoms with van der Waals surface area (Å²) in [6.07, 6.45) is 0. The molecule has 0 aliphatic carbocycles. The molecule has 0 aliphatic heterocycles. The maximum absolute atomic E-state index is 0. The van der Waals surface area contributed by atoms with Crippen LogP contribution >= 0.6 is 23.4 Å². The Morgan fingerprint density at radius 2 is 1.00 bits per heavy atom. The van der Waals surface area contributed by atoms with E-state index in [2.05, 4.69) is 0 Å². The van der Waals surface area contributed by atoms with Gasteiger partial charge in [-0.15, -0.1) is 0 Å². The van der Waals surface area contributed by atoms with Crippen molar-refractivity contribution < 1.29 is 0 Å². The molecule has 0 bridgehead atoms. The summed E-state index contributed by atoms with van der Waals surface area (Å²) in [6, 6.07) is 0. The third-order valence-corrected chi connectivity index (χ3v) is 0. The van der Waals surface area contributed by atoms with Crippen LogP contribution in [0.15, 0.2) is 0 Å². The Morgan fingerprint density at radius 1 is 1.00 bits per heavy atom. The molecule has 1 atom stereocenters. The van der Waals surface area contributed by atoms with Gasteiger partial charge in [-0.1, -0.05) is 0 Å². The molecule has 0 nitrogen and oxygen atoms in total. The summed E-state index contributed by atoms with van der Waals surface area (Å²) in [4.78, 5) is 0. The molecule has 0 aromatic carbocycles. The fourth-order valence-corrected chi connectivity index (χ4v) is 0. The van der Waals surface area contributed by atoms with Crippen LogP contribution in [0.25, 0.3) is 0 Å². The van der Waals surface area contributed by atoms with Gasteiger partial charge in [0.05, 0.1) is 0 Å². The predicted octanol–water partition coefficient (Wildman–Crippen LogP) is -1.93. The van der Waals surface area contributed by atoms with Gasteiger partial charge in [-0.25, -0.2) is 0 Å². The van der Waals surface area contributed by atoms with Crippen molar-refractivity contribution in [3.8, 4) is 0 Å². The maximum atomic E-state index is 0. The van der Waals surface area contributed by atoms with Gasteiger partial charge in [-0.05, 0) is 0 Å². The number of hydrogen-bond acceptors (Lipinski definition) is 0. The van der Waals surface area contributed by atoms with E-state index in [1.807, 2.05) is 0 Å². The SMILES string of the molecule is P.S.[GeH4].[LiH]. The molecular formula is H10GeLiPS. The van der Waals surface area contributed by atoms with Crippen molar-refractivity contribution in [1.29, 1.82) is 0 Å². The number of rotatable bonds is 0. The molecule has 0 rings (SSSR count). The molecule has 0 spiro atoms. The average molecular weight is 153 g/mol. The molecule has 0 radical (unpaired) electrons. The van der Waals surface area contributed by atoms with Gasteiger partial charge in [-0.3, -0.25) is 0 Å². The van der Waals surface area contributed by atoms with Crippen LogP contribution in [0.1, 0.15) is 0 Å². The van der Waals surface area contributed by atoms with Crippen molar-refractivity contribution in [3.63, 3.8) is 0 Å². The summed E-state index contributed by atoms with van der Waals surface area (Å²) in [5, 5.41) is 0. The van der Waals surface area contributed by atoms with Crippen molar-refractivity contribution in [2.75, 3.05) is 0 Å². The molecule has 0 fully saturated rings. The van der Waals surface area contributed by atoms with E-state index in [1.54, 1.807) is 0 Å². The predicted molar refractivity (Wildman–Crippen MR) is 40.0 cm³/mol. The Hall–Kier alpha value is 1.92. The van der Waals surface area contributed by atoms with Gasteiger partial charge in [0, 0.05) is 0 Å². The van der Waals surface area contributed by atoms with E-state index in [1.165, 1.54) is 0 Å². The summed E-state index contributed by atoms with van der Waals surface area (Å²) in [6.45, 7) is 0. The first-order valence-corrected chi connectivity index (χ1v) is 0. The van der Waals surface area contributed by atoms with Gasteiger partial charge >= 0.3 is 36.5 Å². The second-order valence-electron chi connectivity index (χ2n) is 0. The summed E-state index contributed by atoms with van der Waals surface area (Å²) in [5.74, 6) is 0. The molecule has 4 heteroatoms. The van der Waals surface area contributed by atoms with Gasteiger partial charge in [0.15, 0.2) is 0 Å². The third kappa shape index (κ3) is 9.07. The van der Waals surface area contributed by atoms with Gasteiger partial charge in [0.2, 0.25) is 0 Å². The molecule has 0 amide bonds. The minimum absolute atomic E-state index is 0. The van der Waals surface area contributed by atoms with Crippen LogP contribution in [0.3, 0.4) is 0 Å². The minimum atomic E-state index is 0. The van der Waals surface area contributed by atoms with Crippen molar-refractivity contribution in [3.05, 3.63) is 0 Å². The second kappa shape index (κ2) is 20.5. The first-order valence-electron chi connectivity index (χ1n) is 0. The Kier molecular flexibility index (Phi) is 199. The Bertz CT molecular complexity index is 8.00. The zero-order valence-electron chi connectivity index (χ0n) is 1.21. The zero-order valence-corrected chi connectivity index (χ0v) is 3.62. The molecule has 0 saturated heterocycles. The van der Waals surface area contributed by atoms with Gasteiger partial charge < -0.3 is 0 Å². The van der Waals surface area contributed by atoms with Crippen molar-refractivity contribution in [2.24, 2.45) is 0 Å². The normalized spacial score (nSPS) is 0. The van der Waals surface area contributed by atoms with Crippen LogP contribution in [0.4, 0.5) is 0 Å². The molecule has 0 aromatic rings. The molecule has 1 unspecified atom stereocenters. The van der Waals surface area contributed by atoms with E-state index in [0.717, 1.165) is 0 Å². The quantitative estimate of drug-likeness (QED) is 0.280. The summed E-state index contributed by atoms with van der Waals surface area (Å²) >= 11 is 0. The molecule has 0 N–H and O–H groups in total. The van der Waals surface area contributed by atoms with E-state index in [0.29, 0.717) is 0 Å². The summed E-state index contributed by atoms with van der Waals surface area (Å²) in [7, 11) is 0. The topological polar surface area (TPSA) is 0 Å². The Labute approximate surface area is 59.7 Å². The standard InChI is InChI=1S/GeH4.Li.H3P.H2S.H/h1H4;;1H3;1H2;. The molecule has 4 heavy (non-hydrogen) atoms. The summed E-state index contributed by atoms with van der Waals surface area (Å²) in [5.41, 5.74) is 0. The van der Waals surface area contributed by atoms with E-state index in [-0.39, 0.29) is 59.9 Å². The van der Waals surface area contributed by atoms with Crippen molar-refractivity contribution >= 4 is 59.9 Å². The van der Waals surface area contributed by atoms with E-state index >= 15 is 0 Å². The van der Waals surface area contributed by atoms with Crippen LogP contribution in [0.2, 0.25) is 0 Å². The van der Waals surface area contributed by atoms with Crippen molar-refractivity contribution in [1.82, 2.24) is 0 Å². The average Bonchev–Trinajstić information content (AvgIpc) is 0. The van der Waals surface area contributed by atoms with Crippen LogP contribution < -0.4 is 0 Å². The fourth-order valence-electron chi connectivity index (χ4n) is 0. The molecule has 0 heterocycles.